The first kappa shape index (κ1) is 18.3. The first-order chi connectivity index (χ1) is 13.2. The second kappa shape index (κ2) is 8.31. The molecule has 0 amide bonds. The number of benzene rings is 1. The molecule has 0 saturated heterocycles. The summed E-state index contributed by atoms with van der Waals surface area (Å²) in [5.41, 5.74) is 2.39. The van der Waals surface area contributed by atoms with Gasteiger partial charge < -0.3 is 14.5 Å². The third-order valence-corrected chi connectivity index (χ3v) is 5.59. The molecule has 3 heterocycles. The van der Waals surface area contributed by atoms with E-state index in [0.717, 1.165) is 27.9 Å². The van der Waals surface area contributed by atoms with Crippen molar-refractivity contribution < 1.29 is 9.15 Å². The largest absolute Gasteiger partial charge is 0.463 e. The van der Waals surface area contributed by atoms with Gasteiger partial charge in [0.1, 0.15) is 0 Å². The predicted molar refractivity (Wildman–Crippen MR) is 109 cm³/mol. The molecule has 0 bridgehead atoms. The fourth-order valence-electron chi connectivity index (χ4n) is 2.82. The Morgan fingerprint density at radius 1 is 1.22 bits per heavy atom. The topological polar surface area (TPSA) is 73.1 Å². The van der Waals surface area contributed by atoms with E-state index in [1.165, 1.54) is 12.8 Å². The lowest BCUT2D eigenvalue weighted by molar-refractivity contribution is 0.195. The summed E-state index contributed by atoms with van der Waals surface area (Å²) in [6.07, 6.45) is 4.66. The molecule has 3 aromatic rings. The number of rotatable bonds is 6. The van der Waals surface area contributed by atoms with Gasteiger partial charge in [0.15, 0.2) is 11.5 Å². The van der Waals surface area contributed by atoms with E-state index in [1.54, 1.807) is 18.0 Å². The van der Waals surface area contributed by atoms with Gasteiger partial charge in [-0.15, -0.1) is 10.2 Å². The minimum absolute atomic E-state index is 0.453. The molecule has 2 aromatic heterocycles. The molecule has 0 saturated carbocycles. The summed E-state index contributed by atoms with van der Waals surface area (Å²) in [5.74, 6) is 2.09. The Bertz CT molecular complexity index is 920. The van der Waals surface area contributed by atoms with E-state index in [0.29, 0.717) is 22.5 Å². The van der Waals surface area contributed by atoms with Crippen LogP contribution >= 0.6 is 27.7 Å². The monoisotopic (exact) mass is 446 g/mol. The third-order valence-electron chi connectivity index (χ3n) is 4.17. The zero-order chi connectivity index (χ0) is 18.6. The number of furan rings is 1. The van der Waals surface area contributed by atoms with Gasteiger partial charge in [-0.25, -0.2) is 0 Å². The fraction of sp³-hybridized carbons (Fsp3) is 0.316. The number of hydrogen-bond acceptors (Lipinski definition) is 7. The molecule has 4 rings (SSSR count). The molecule has 1 aliphatic heterocycles. The van der Waals surface area contributed by atoms with Crippen molar-refractivity contribution in [1.82, 2.24) is 15.2 Å². The van der Waals surface area contributed by atoms with Crippen LogP contribution in [-0.2, 0) is 0 Å². The summed E-state index contributed by atoms with van der Waals surface area (Å²) >= 11 is 5.13. The average Bonchev–Trinajstić information content (AvgIpc) is 3.16. The molecule has 0 radical (unpaired) electrons. The van der Waals surface area contributed by atoms with Gasteiger partial charge >= 0.3 is 0 Å². The number of hydrogen-bond donors (Lipinski definition) is 1. The van der Waals surface area contributed by atoms with Crippen LogP contribution in [0.3, 0.4) is 0 Å². The van der Waals surface area contributed by atoms with Crippen molar-refractivity contribution in [3.05, 3.63) is 46.8 Å². The van der Waals surface area contributed by atoms with Gasteiger partial charge in [-0.1, -0.05) is 47.5 Å². The van der Waals surface area contributed by atoms with E-state index in [9.17, 15) is 0 Å². The SMILES string of the molecule is CCCCCSc1nnc2c(n1)O[C@H](c1ccco1)Nc1ccc(Br)cc1-2. The van der Waals surface area contributed by atoms with Crippen molar-refractivity contribution in [2.45, 2.75) is 37.6 Å². The van der Waals surface area contributed by atoms with E-state index in [2.05, 4.69) is 43.4 Å². The minimum Gasteiger partial charge on any atom is -0.463 e. The lowest BCUT2D eigenvalue weighted by Gasteiger charge is -2.16. The number of ether oxygens (including phenoxy) is 1. The Kier molecular flexibility index (Phi) is 5.63. The van der Waals surface area contributed by atoms with E-state index in [-0.39, 0.29) is 0 Å². The van der Waals surface area contributed by atoms with Gasteiger partial charge in [0.05, 0.1) is 6.26 Å². The van der Waals surface area contributed by atoms with Crippen molar-refractivity contribution in [2.24, 2.45) is 0 Å². The maximum atomic E-state index is 6.14. The minimum atomic E-state index is -0.490. The van der Waals surface area contributed by atoms with Crippen molar-refractivity contribution in [3.63, 3.8) is 0 Å². The van der Waals surface area contributed by atoms with Gasteiger partial charge in [-0.05, 0) is 36.8 Å². The zero-order valence-electron chi connectivity index (χ0n) is 14.8. The number of aromatic nitrogens is 3. The zero-order valence-corrected chi connectivity index (χ0v) is 17.2. The molecule has 140 valence electrons. The number of nitrogens with zero attached hydrogens (tertiary/aromatic N) is 3. The van der Waals surface area contributed by atoms with Crippen LogP contribution in [0, 0.1) is 0 Å². The van der Waals surface area contributed by atoms with Gasteiger partial charge in [0, 0.05) is 21.5 Å². The fourth-order valence-corrected chi connectivity index (χ4v) is 3.95. The Balaban J connectivity index is 1.70. The number of unbranched alkanes of at least 4 members (excludes halogenated alkanes) is 2. The predicted octanol–water partition coefficient (Wildman–Crippen LogP) is 5.68. The van der Waals surface area contributed by atoms with Gasteiger partial charge in [-0.2, -0.15) is 4.98 Å². The van der Waals surface area contributed by atoms with Crippen LogP contribution < -0.4 is 10.1 Å². The van der Waals surface area contributed by atoms with Crippen LogP contribution in [-0.4, -0.2) is 20.9 Å². The Morgan fingerprint density at radius 3 is 2.96 bits per heavy atom. The maximum absolute atomic E-state index is 6.14. The first-order valence-electron chi connectivity index (χ1n) is 8.88. The molecule has 0 fully saturated rings. The summed E-state index contributed by atoms with van der Waals surface area (Å²) in [4.78, 5) is 4.63. The molecule has 8 heteroatoms. The Labute approximate surface area is 170 Å². The number of nitrogens with one attached hydrogen (secondary N) is 1. The van der Waals surface area contributed by atoms with E-state index >= 15 is 0 Å². The second-order valence-corrected chi connectivity index (χ2v) is 8.13. The first-order valence-corrected chi connectivity index (χ1v) is 10.7. The molecule has 1 aromatic carbocycles. The summed E-state index contributed by atoms with van der Waals surface area (Å²) in [6, 6.07) is 9.63. The molecule has 0 unspecified atom stereocenters. The van der Waals surface area contributed by atoms with Crippen LogP contribution in [0.5, 0.6) is 5.88 Å². The third kappa shape index (κ3) is 4.11. The summed E-state index contributed by atoms with van der Waals surface area (Å²) < 4.78 is 12.6. The molecule has 6 nitrogen and oxygen atoms in total. The van der Waals surface area contributed by atoms with Gasteiger partial charge in [0.2, 0.25) is 17.3 Å². The van der Waals surface area contributed by atoms with Crippen LogP contribution in [0.4, 0.5) is 5.69 Å². The molecule has 0 spiro atoms. The molecular formula is C19H19BrN4O2S. The van der Waals surface area contributed by atoms with Crippen molar-refractivity contribution >= 4 is 33.4 Å². The highest BCUT2D eigenvalue weighted by molar-refractivity contribution is 9.10. The van der Waals surface area contributed by atoms with Crippen LogP contribution in [0.2, 0.25) is 0 Å². The number of fused-ring (bicyclic) bond motifs is 3. The quantitative estimate of drug-likeness (QED) is 0.385. The Morgan fingerprint density at radius 2 is 2.15 bits per heavy atom. The van der Waals surface area contributed by atoms with E-state index in [4.69, 9.17) is 9.15 Å². The molecule has 1 N–H and O–H groups in total. The molecule has 1 aliphatic rings. The average molecular weight is 447 g/mol. The van der Waals surface area contributed by atoms with E-state index in [1.807, 2.05) is 30.3 Å². The van der Waals surface area contributed by atoms with Crippen molar-refractivity contribution in [1.29, 1.82) is 0 Å². The highest BCUT2D eigenvalue weighted by atomic mass is 79.9. The lowest BCUT2D eigenvalue weighted by atomic mass is 10.1. The number of thioether (sulfide) groups is 1. The Hall–Kier alpha value is -2.06. The second-order valence-electron chi connectivity index (χ2n) is 6.15. The molecule has 27 heavy (non-hydrogen) atoms. The van der Waals surface area contributed by atoms with Crippen molar-refractivity contribution in [2.75, 3.05) is 11.1 Å². The lowest BCUT2D eigenvalue weighted by Crippen LogP contribution is -2.16. The number of halogens is 1. The highest BCUT2D eigenvalue weighted by Crippen LogP contribution is 2.40. The van der Waals surface area contributed by atoms with Crippen LogP contribution in [0.15, 0.2) is 50.6 Å². The maximum Gasteiger partial charge on any atom is 0.247 e. The number of anilines is 1. The van der Waals surface area contributed by atoms with Crippen LogP contribution in [0.25, 0.3) is 11.3 Å². The van der Waals surface area contributed by atoms with E-state index < -0.39 is 6.23 Å². The summed E-state index contributed by atoms with van der Waals surface area (Å²) in [6.45, 7) is 2.19. The van der Waals surface area contributed by atoms with Gasteiger partial charge in [0.25, 0.3) is 0 Å². The standard InChI is InChI=1S/C19H19BrN4O2S/c1-2-3-4-10-27-19-22-18-16(23-24-19)13-11-12(20)7-8-14(13)21-17(26-18)15-6-5-9-25-15/h5-9,11,17,21H,2-4,10H2,1H3/t17-/m1/s1. The molecule has 1 atom stereocenters. The van der Waals surface area contributed by atoms with Gasteiger partial charge in [-0.3, -0.25) is 0 Å². The van der Waals surface area contributed by atoms with Crippen molar-refractivity contribution in [3.8, 4) is 17.1 Å². The summed E-state index contributed by atoms with van der Waals surface area (Å²) in [7, 11) is 0. The summed E-state index contributed by atoms with van der Waals surface area (Å²) in [5, 5.41) is 12.7. The highest BCUT2D eigenvalue weighted by Gasteiger charge is 2.27. The smallest absolute Gasteiger partial charge is 0.247 e. The van der Waals surface area contributed by atoms with Crippen LogP contribution in [0.1, 0.15) is 38.2 Å². The molecular weight excluding hydrogens is 428 g/mol. The molecule has 0 aliphatic carbocycles. The normalized spacial score (nSPS) is 15.3.